The Bertz CT molecular complexity index is 422. The van der Waals surface area contributed by atoms with Gasteiger partial charge in [-0.25, -0.2) is 0 Å². The van der Waals surface area contributed by atoms with Crippen molar-refractivity contribution in [2.45, 2.75) is 102 Å². The van der Waals surface area contributed by atoms with E-state index in [0.717, 1.165) is 19.3 Å². The summed E-state index contributed by atoms with van der Waals surface area (Å²) in [6.07, 6.45) is 4.75. The first kappa shape index (κ1) is 27.9. The minimum atomic E-state index is -1.94. The summed E-state index contributed by atoms with van der Waals surface area (Å²) < 4.78 is 0. The molecule has 0 heterocycles. The van der Waals surface area contributed by atoms with Crippen LogP contribution in [0.25, 0.3) is 0 Å². The molecule has 1 amide bonds. The van der Waals surface area contributed by atoms with Gasteiger partial charge in [-0.15, -0.1) is 0 Å². The SMILES string of the molecule is CCCCCCCCCCCCN(CCC=O)C(=O)[C@H](O)[C@@H](O)[C@H](O)[C@H](O)CO. The van der Waals surface area contributed by atoms with Gasteiger partial charge in [-0.1, -0.05) is 64.7 Å². The van der Waals surface area contributed by atoms with Gasteiger partial charge in [0.25, 0.3) is 5.91 Å². The summed E-state index contributed by atoms with van der Waals surface area (Å²) in [5.41, 5.74) is 0. The van der Waals surface area contributed by atoms with Gasteiger partial charge < -0.3 is 35.2 Å². The van der Waals surface area contributed by atoms with Crippen LogP contribution >= 0.6 is 0 Å². The Balaban J connectivity index is 4.32. The first-order valence-corrected chi connectivity index (χ1v) is 11.0. The molecule has 0 aliphatic rings. The van der Waals surface area contributed by atoms with Crippen LogP contribution in [0.3, 0.4) is 0 Å². The summed E-state index contributed by atoms with van der Waals surface area (Å²) in [5, 5.41) is 47.8. The molecule has 29 heavy (non-hydrogen) atoms. The first-order chi connectivity index (χ1) is 13.9. The van der Waals surface area contributed by atoms with E-state index in [2.05, 4.69) is 6.92 Å². The van der Waals surface area contributed by atoms with E-state index in [9.17, 15) is 30.0 Å². The van der Waals surface area contributed by atoms with Crippen molar-refractivity contribution in [3.8, 4) is 0 Å². The Morgan fingerprint density at radius 1 is 0.828 bits per heavy atom. The quantitative estimate of drug-likeness (QED) is 0.154. The topological polar surface area (TPSA) is 139 Å². The van der Waals surface area contributed by atoms with Crippen LogP contribution in [0.1, 0.15) is 77.6 Å². The van der Waals surface area contributed by atoms with E-state index >= 15 is 0 Å². The van der Waals surface area contributed by atoms with Crippen LogP contribution in [0.4, 0.5) is 0 Å². The molecule has 0 spiro atoms. The van der Waals surface area contributed by atoms with E-state index in [1.54, 1.807) is 0 Å². The van der Waals surface area contributed by atoms with E-state index in [-0.39, 0.29) is 13.0 Å². The number of hydrogen-bond acceptors (Lipinski definition) is 7. The first-order valence-electron chi connectivity index (χ1n) is 11.0. The van der Waals surface area contributed by atoms with Gasteiger partial charge in [-0.3, -0.25) is 4.79 Å². The zero-order valence-electron chi connectivity index (χ0n) is 17.8. The lowest BCUT2D eigenvalue weighted by Crippen LogP contribution is -2.53. The third-order valence-electron chi connectivity index (χ3n) is 5.12. The maximum atomic E-state index is 12.4. The van der Waals surface area contributed by atoms with Crippen LogP contribution in [0.5, 0.6) is 0 Å². The van der Waals surface area contributed by atoms with Gasteiger partial charge in [0.15, 0.2) is 6.10 Å². The number of nitrogens with zero attached hydrogens (tertiary/aromatic N) is 1. The highest BCUT2D eigenvalue weighted by atomic mass is 16.4. The summed E-state index contributed by atoms with van der Waals surface area (Å²) in [6.45, 7) is 1.84. The molecule has 0 aromatic rings. The normalized spacial score (nSPS) is 15.5. The molecule has 0 aromatic carbocycles. The molecule has 0 aliphatic carbocycles. The molecule has 0 fully saturated rings. The minimum absolute atomic E-state index is 0.105. The third-order valence-corrected chi connectivity index (χ3v) is 5.12. The van der Waals surface area contributed by atoms with Crippen molar-refractivity contribution in [1.29, 1.82) is 0 Å². The smallest absolute Gasteiger partial charge is 0.254 e. The number of unbranched alkanes of at least 4 members (excludes halogenated alkanes) is 9. The van der Waals surface area contributed by atoms with Crippen LogP contribution in [0.15, 0.2) is 0 Å². The fraction of sp³-hybridized carbons (Fsp3) is 0.905. The Hall–Kier alpha value is -1.06. The number of carbonyl (C=O) groups is 2. The molecule has 0 saturated carbocycles. The number of hydrogen-bond donors (Lipinski definition) is 5. The van der Waals surface area contributed by atoms with Gasteiger partial charge in [0.2, 0.25) is 0 Å². The molecular weight excluding hydrogens is 378 g/mol. The van der Waals surface area contributed by atoms with Crippen LogP contribution in [0, 0.1) is 0 Å². The van der Waals surface area contributed by atoms with Gasteiger partial charge in [0.05, 0.1) is 6.61 Å². The number of carbonyl (C=O) groups excluding carboxylic acids is 2. The van der Waals surface area contributed by atoms with Crippen LogP contribution in [-0.2, 0) is 9.59 Å². The zero-order chi connectivity index (χ0) is 22.1. The molecule has 172 valence electrons. The standard InChI is InChI=1S/C21H41NO7/c1-2-3-4-5-6-7-8-9-10-11-13-22(14-12-15-23)21(29)20(28)19(27)18(26)17(25)16-24/h15,17-20,24-28H,2-14,16H2,1H3/t17-,18-,19+,20-/m1/s1. The maximum Gasteiger partial charge on any atom is 0.254 e. The Morgan fingerprint density at radius 2 is 1.34 bits per heavy atom. The van der Waals surface area contributed by atoms with Crippen molar-refractivity contribution in [2.75, 3.05) is 19.7 Å². The average Bonchev–Trinajstić information content (AvgIpc) is 2.74. The minimum Gasteiger partial charge on any atom is -0.394 e. The van der Waals surface area contributed by atoms with Gasteiger partial charge in [-0.05, 0) is 6.42 Å². The Labute approximate surface area is 174 Å². The molecule has 0 unspecified atom stereocenters. The molecular formula is C21H41NO7. The second-order valence-corrected chi connectivity index (χ2v) is 7.64. The van der Waals surface area contributed by atoms with Gasteiger partial charge in [0.1, 0.15) is 24.6 Å². The maximum absolute atomic E-state index is 12.4. The van der Waals surface area contributed by atoms with Crippen molar-refractivity contribution < 1.29 is 35.1 Å². The molecule has 0 aromatic heterocycles. The average molecular weight is 420 g/mol. The molecule has 8 heteroatoms. The summed E-state index contributed by atoms with van der Waals surface area (Å²) in [7, 11) is 0. The summed E-state index contributed by atoms with van der Waals surface area (Å²) in [5.74, 6) is -0.806. The van der Waals surface area contributed by atoms with Crippen molar-refractivity contribution in [3.05, 3.63) is 0 Å². The van der Waals surface area contributed by atoms with Crippen molar-refractivity contribution in [2.24, 2.45) is 0 Å². The molecule has 4 atom stereocenters. The summed E-state index contributed by atoms with van der Waals surface area (Å²) >= 11 is 0. The molecule has 0 bridgehead atoms. The number of aliphatic hydroxyl groups excluding tert-OH is 5. The van der Waals surface area contributed by atoms with Crippen LogP contribution in [0.2, 0.25) is 0 Å². The van der Waals surface area contributed by atoms with Crippen LogP contribution in [-0.4, -0.2) is 86.7 Å². The number of aliphatic hydroxyl groups is 5. The van der Waals surface area contributed by atoms with E-state index in [0.29, 0.717) is 19.3 Å². The molecule has 0 saturated heterocycles. The lowest BCUT2D eigenvalue weighted by Gasteiger charge is -2.29. The highest BCUT2D eigenvalue weighted by Gasteiger charge is 2.36. The van der Waals surface area contributed by atoms with E-state index < -0.39 is 36.9 Å². The highest BCUT2D eigenvalue weighted by molar-refractivity contribution is 5.81. The number of aldehydes is 1. The van der Waals surface area contributed by atoms with E-state index in [4.69, 9.17) is 5.11 Å². The predicted octanol–water partition coefficient (Wildman–Crippen LogP) is 0.761. The Morgan fingerprint density at radius 3 is 1.83 bits per heavy atom. The lowest BCUT2D eigenvalue weighted by atomic mass is 10.0. The highest BCUT2D eigenvalue weighted by Crippen LogP contribution is 2.13. The van der Waals surface area contributed by atoms with Crippen molar-refractivity contribution >= 4 is 12.2 Å². The van der Waals surface area contributed by atoms with E-state index in [1.807, 2.05) is 0 Å². The second-order valence-electron chi connectivity index (χ2n) is 7.64. The fourth-order valence-corrected chi connectivity index (χ4v) is 3.19. The summed E-state index contributed by atoms with van der Waals surface area (Å²) in [6, 6.07) is 0. The molecule has 5 N–H and O–H groups in total. The van der Waals surface area contributed by atoms with Gasteiger partial charge >= 0.3 is 0 Å². The monoisotopic (exact) mass is 419 g/mol. The predicted molar refractivity (Wildman–Crippen MR) is 110 cm³/mol. The molecule has 0 aliphatic heterocycles. The third kappa shape index (κ3) is 12.3. The zero-order valence-corrected chi connectivity index (χ0v) is 17.8. The molecule has 0 rings (SSSR count). The fourth-order valence-electron chi connectivity index (χ4n) is 3.19. The van der Waals surface area contributed by atoms with E-state index in [1.165, 1.54) is 43.4 Å². The van der Waals surface area contributed by atoms with Crippen molar-refractivity contribution in [3.63, 3.8) is 0 Å². The van der Waals surface area contributed by atoms with Crippen molar-refractivity contribution in [1.82, 2.24) is 4.90 Å². The molecule has 8 nitrogen and oxygen atoms in total. The second kappa shape index (κ2) is 17.8. The molecule has 0 radical (unpaired) electrons. The summed E-state index contributed by atoms with van der Waals surface area (Å²) in [4.78, 5) is 24.4. The van der Waals surface area contributed by atoms with Gasteiger partial charge in [-0.2, -0.15) is 0 Å². The van der Waals surface area contributed by atoms with Crippen LogP contribution < -0.4 is 0 Å². The largest absolute Gasteiger partial charge is 0.394 e. The Kier molecular flexibility index (Phi) is 17.1. The number of rotatable bonds is 19. The number of amides is 1. The van der Waals surface area contributed by atoms with Gasteiger partial charge in [0, 0.05) is 19.5 Å². The lowest BCUT2D eigenvalue weighted by molar-refractivity contribution is -0.158.